The van der Waals surface area contributed by atoms with Gasteiger partial charge in [-0.2, -0.15) is 0 Å². The number of methoxy groups -OCH3 is 1. The van der Waals surface area contributed by atoms with Gasteiger partial charge in [-0.25, -0.2) is 9.98 Å². The van der Waals surface area contributed by atoms with Gasteiger partial charge in [0.25, 0.3) is 5.91 Å². The van der Waals surface area contributed by atoms with Gasteiger partial charge in [-0.1, -0.05) is 61.4 Å². The molecule has 1 aliphatic rings. The maximum absolute atomic E-state index is 13.4. The Morgan fingerprint density at radius 1 is 1.05 bits per heavy atom. The minimum atomic E-state index is -0.512. The number of benzene rings is 3. The molecule has 6 rings (SSSR count). The summed E-state index contributed by atoms with van der Waals surface area (Å²) in [7, 11) is 1.56. The minimum Gasteiger partial charge on any atom is -0.496 e. The highest BCUT2D eigenvalue weighted by atomic mass is 16.5. The molecule has 3 aromatic carbocycles. The van der Waals surface area contributed by atoms with E-state index in [0.29, 0.717) is 57.3 Å². The topological polar surface area (TPSA) is 116 Å². The Balaban J connectivity index is 1.49. The number of oxazole rings is 1. The fourth-order valence-corrected chi connectivity index (χ4v) is 5.18. The second-order valence-corrected chi connectivity index (χ2v) is 9.68. The predicted octanol–water partition coefficient (Wildman–Crippen LogP) is 6.23. The van der Waals surface area contributed by atoms with Crippen LogP contribution in [-0.4, -0.2) is 33.4 Å². The normalized spacial score (nSPS) is 13.5. The number of hydrogen-bond acceptors (Lipinski definition) is 6. The quantitative estimate of drug-likeness (QED) is 0.263. The number of para-hydroxylation sites is 2. The first-order valence-electron chi connectivity index (χ1n) is 12.9. The van der Waals surface area contributed by atoms with E-state index in [0.717, 1.165) is 23.1 Å². The third kappa shape index (κ3) is 4.00. The molecule has 39 heavy (non-hydrogen) atoms. The molecule has 0 radical (unpaired) electrons. The standard InChI is InChI=1S/C31H28N4O4/c1-4-7-24(32)35-28(18-12-10-17(2)11-13-18)26-25(31(35)37)27(34-29(26)36)19-14-15-20(23(16-19)38-3)30-33-21-8-5-6-9-22(21)39-30/h5-6,8-16,24,37H,4,7,32H2,1-3H3. The number of aliphatic imine (C=N–C) groups is 1. The fourth-order valence-electron chi connectivity index (χ4n) is 5.18. The molecular formula is C31H28N4O4. The van der Waals surface area contributed by atoms with Crippen molar-refractivity contribution in [2.45, 2.75) is 32.9 Å². The van der Waals surface area contributed by atoms with Crippen molar-refractivity contribution in [1.82, 2.24) is 9.55 Å². The number of aryl methyl sites for hydroxylation is 1. The highest BCUT2D eigenvalue weighted by Crippen LogP contribution is 2.44. The lowest BCUT2D eigenvalue weighted by molar-refractivity contribution is 0.101. The zero-order chi connectivity index (χ0) is 27.3. The number of nitrogens with two attached hydrogens (primary N) is 1. The molecule has 1 unspecified atom stereocenters. The molecule has 2 aromatic heterocycles. The van der Waals surface area contributed by atoms with Gasteiger partial charge in [0, 0.05) is 5.56 Å². The molecular weight excluding hydrogens is 492 g/mol. The van der Waals surface area contributed by atoms with Crippen LogP contribution in [0.15, 0.2) is 76.1 Å². The molecule has 3 heterocycles. The SMILES string of the molecule is CCCC(N)n1c(O)c2c(c1-c1ccc(C)cc1)C(=O)N=C2c1ccc(-c2nc3ccccc3o2)c(OC)c1. The molecule has 0 saturated heterocycles. The van der Waals surface area contributed by atoms with E-state index in [-0.39, 0.29) is 5.88 Å². The molecule has 0 saturated carbocycles. The molecule has 0 bridgehead atoms. The van der Waals surface area contributed by atoms with Crippen molar-refractivity contribution in [2.24, 2.45) is 10.7 Å². The highest BCUT2D eigenvalue weighted by molar-refractivity contribution is 6.30. The summed E-state index contributed by atoms with van der Waals surface area (Å²) in [4.78, 5) is 22.4. The molecule has 1 aliphatic heterocycles. The Labute approximate surface area is 225 Å². The lowest BCUT2D eigenvalue weighted by Crippen LogP contribution is -2.19. The number of hydrogen-bond donors (Lipinski definition) is 2. The zero-order valence-electron chi connectivity index (χ0n) is 21.9. The van der Waals surface area contributed by atoms with E-state index in [1.165, 1.54) is 0 Å². The Bertz CT molecular complexity index is 1730. The first kappa shape index (κ1) is 24.6. The van der Waals surface area contributed by atoms with E-state index in [9.17, 15) is 9.90 Å². The van der Waals surface area contributed by atoms with E-state index < -0.39 is 12.1 Å². The van der Waals surface area contributed by atoms with Crippen molar-refractivity contribution in [1.29, 1.82) is 0 Å². The Morgan fingerprint density at radius 2 is 1.79 bits per heavy atom. The molecule has 3 N–H and O–H groups in total. The highest BCUT2D eigenvalue weighted by Gasteiger charge is 2.37. The fraction of sp³-hybridized carbons (Fsp3) is 0.194. The second-order valence-electron chi connectivity index (χ2n) is 9.68. The molecule has 1 atom stereocenters. The molecule has 196 valence electrons. The third-order valence-corrected chi connectivity index (χ3v) is 7.08. The van der Waals surface area contributed by atoms with Gasteiger partial charge >= 0.3 is 0 Å². The number of nitrogens with zero attached hydrogens (tertiary/aromatic N) is 3. The van der Waals surface area contributed by atoms with Gasteiger partial charge in [0.2, 0.25) is 11.8 Å². The Hall–Kier alpha value is -4.69. The zero-order valence-corrected chi connectivity index (χ0v) is 21.9. The molecule has 0 spiro atoms. The first-order chi connectivity index (χ1) is 18.9. The lowest BCUT2D eigenvalue weighted by Gasteiger charge is -2.19. The number of rotatable bonds is 7. The number of carbonyl (C=O) groups excluding carboxylic acids is 1. The van der Waals surface area contributed by atoms with Crippen molar-refractivity contribution in [3.63, 3.8) is 0 Å². The summed E-state index contributed by atoms with van der Waals surface area (Å²) in [5.41, 5.74) is 12.8. The summed E-state index contributed by atoms with van der Waals surface area (Å²) in [5, 5.41) is 11.5. The van der Waals surface area contributed by atoms with Gasteiger partial charge in [0.1, 0.15) is 11.3 Å². The van der Waals surface area contributed by atoms with Crippen LogP contribution in [0.1, 0.15) is 53.0 Å². The average Bonchev–Trinajstić information content (AvgIpc) is 3.61. The maximum Gasteiger partial charge on any atom is 0.280 e. The molecule has 0 aliphatic carbocycles. The van der Waals surface area contributed by atoms with Crippen LogP contribution in [0.3, 0.4) is 0 Å². The van der Waals surface area contributed by atoms with Gasteiger partial charge in [0.15, 0.2) is 5.58 Å². The van der Waals surface area contributed by atoms with Crippen LogP contribution >= 0.6 is 0 Å². The number of ether oxygens (including phenoxy) is 1. The summed E-state index contributed by atoms with van der Waals surface area (Å²) in [6.45, 7) is 4.03. The summed E-state index contributed by atoms with van der Waals surface area (Å²) in [6.07, 6.45) is 0.940. The number of aromatic hydroxyl groups is 1. The van der Waals surface area contributed by atoms with Crippen LogP contribution < -0.4 is 10.5 Å². The summed E-state index contributed by atoms with van der Waals surface area (Å²) >= 11 is 0. The summed E-state index contributed by atoms with van der Waals surface area (Å²) < 4.78 is 13.3. The maximum atomic E-state index is 13.4. The van der Waals surface area contributed by atoms with Crippen LogP contribution in [-0.2, 0) is 0 Å². The monoisotopic (exact) mass is 520 g/mol. The molecule has 8 heteroatoms. The molecule has 1 amide bonds. The van der Waals surface area contributed by atoms with Crippen molar-refractivity contribution in [3.05, 3.63) is 89.0 Å². The van der Waals surface area contributed by atoms with Gasteiger partial charge in [-0.3, -0.25) is 9.36 Å². The summed E-state index contributed by atoms with van der Waals surface area (Å²) in [5.74, 6) is 0.428. The van der Waals surface area contributed by atoms with Crippen molar-refractivity contribution in [3.8, 4) is 34.3 Å². The second kappa shape index (κ2) is 9.56. The van der Waals surface area contributed by atoms with Crippen LogP contribution in [0.2, 0.25) is 0 Å². The third-order valence-electron chi connectivity index (χ3n) is 7.08. The van der Waals surface area contributed by atoms with Crippen LogP contribution in [0, 0.1) is 6.92 Å². The van der Waals surface area contributed by atoms with Gasteiger partial charge in [-0.05, 0) is 43.2 Å². The number of fused-ring (bicyclic) bond motifs is 2. The predicted molar refractivity (Wildman–Crippen MR) is 150 cm³/mol. The summed E-state index contributed by atoms with van der Waals surface area (Å²) in [6, 6.07) is 20.8. The van der Waals surface area contributed by atoms with Gasteiger partial charge < -0.3 is 20.0 Å². The molecule has 0 fully saturated rings. The van der Waals surface area contributed by atoms with Crippen LogP contribution in [0.25, 0.3) is 33.8 Å². The van der Waals surface area contributed by atoms with Gasteiger partial charge in [0.05, 0.1) is 41.4 Å². The lowest BCUT2D eigenvalue weighted by atomic mass is 9.98. The largest absolute Gasteiger partial charge is 0.496 e. The van der Waals surface area contributed by atoms with Gasteiger partial charge in [-0.15, -0.1) is 0 Å². The Morgan fingerprint density at radius 3 is 2.51 bits per heavy atom. The van der Waals surface area contributed by atoms with Crippen LogP contribution in [0.4, 0.5) is 0 Å². The van der Waals surface area contributed by atoms with Crippen LogP contribution in [0.5, 0.6) is 11.6 Å². The smallest absolute Gasteiger partial charge is 0.280 e. The van der Waals surface area contributed by atoms with E-state index in [1.807, 2.05) is 74.5 Å². The first-order valence-corrected chi connectivity index (χ1v) is 12.9. The van der Waals surface area contributed by atoms with Crippen molar-refractivity contribution in [2.75, 3.05) is 7.11 Å². The Kier molecular flexibility index (Phi) is 6.04. The van der Waals surface area contributed by atoms with E-state index in [4.69, 9.17) is 14.9 Å². The van der Waals surface area contributed by atoms with Crippen molar-refractivity contribution < 1.29 is 19.1 Å². The number of amides is 1. The number of aromatic nitrogens is 2. The minimum absolute atomic E-state index is 0.0758. The molecule has 5 aromatic rings. The van der Waals surface area contributed by atoms with E-state index >= 15 is 0 Å². The average molecular weight is 521 g/mol. The van der Waals surface area contributed by atoms with Crippen molar-refractivity contribution >= 4 is 22.7 Å². The van der Waals surface area contributed by atoms with E-state index in [2.05, 4.69) is 9.98 Å². The van der Waals surface area contributed by atoms with E-state index in [1.54, 1.807) is 17.7 Å². The molecule has 8 nitrogen and oxygen atoms in total. The number of carbonyl (C=O) groups is 1.